The third-order valence-electron chi connectivity index (χ3n) is 4.34. The number of hydrogen-bond acceptors (Lipinski definition) is 3. The van der Waals surface area contributed by atoms with Gasteiger partial charge in [0.1, 0.15) is 12.4 Å². The second-order valence-electron chi connectivity index (χ2n) is 6.34. The fraction of sp³-hybridized carbons (Fsp3) is 0.130. The zero-order chi connectivity index (χ0) is 20.6. The second kappa shape index (κ2) is 9.89. The SMILES string of the molecule is CNC(=O)c1cccc(CNC(=O)c2ccccc2OCc2ccccc2Br)c1. The van der Waals surface area contributed by atoms with E-state index in [0.717, 1.165) is 15.6 Å². The monoisotopic (exact) mass is 452 g/mol. The molecule has 148 valence electrons. The molecule has 6 heteroatoms. The minimum absolute atomic E-state index is 0.163. The molecule has 3 aromatic rings. The van der Waals surface area contributed by atoms with Gasteiger partial charge < -0.3 is 15.4 Å². The number of benzene rings is 3. The Morgan fingerprint density at radius 3 is 2.48 bits per heavy atom. The predicted octanol–water partition coefficient (Wildman–Crippen LogP) is 4.32. The van der Waals surface area contributed by atoms with Gasteiger partial charge in [0.25, 0.3) is 11.8 Å². The molecule has 2 N–H and O–H groups in total. The van der Waals surface area contributed by atoms with E-state index in [0.29, 0.717) is 30.0 Å². The van der Waals surface area contributed by atoms with Crippen molar-refractivity contribution in [2.45, 2.75) is 13.2 Å². The summed E-state index contributed by atoms with van der Waals surface area (Å²) >= 11 is 3.50. The lowest BCUT2D eigenvalue weighted by atomic mass is 10.1. The lowest BCUT2D eigenvalue weighted by Gasteiger charge is -2.13. The topological polar surface area (TPSA) is 67.4 Å². The first-order valence-corrected chi connectivity index (χ1v) is 9.92. The number of carbonyl (C=O) groups is 2. The molecule has 0 saturated heterocycles. The molecule has 0 aliphatic carbocycles. The highest BCUT2D eigenvalue weighted by Gasteiger charge is 2.13. The van der Waals surface area contributed by atoms with Gasteiger partial charge in [0.15, 0.2) is 0 Å². The van der Waals surface area contributed by atoms with Crippen molar-refractivity contribution in [1.82, 2.24) is 10.6 Å². The molecular weight excluding hydrogens is 432 g/mol. The molecule has 0 aliphatic heterocycles. The minimum atomic E-state index is -0.238. The molecule has 0 unspecified atom stereocenters. The number of rotatable bonds is 7. The van der Waals surface area contributed by atoms with E-state index in [1.54, 1.807) is 43.4 Å². The zero-order valence-electron chi connectivity index (χ0n) is 15.9. The van der Waals surface area contributed by atoms with Gasteiger partial charge in [0, 0.05) is 29.2 Å². The van der Waals surface area contributed by atoms with E-state index in [1.807, 2.05) is 36.4 Å². The molecule has 0 aliphatic rings. The van der Waals surface area contributed by atoms with Crippen molar-refractivity contribution in [3.8, 4) is 5.75 Å². The maximum atomic E-state index is 12.7. The van der Waals surface area contributed by atoms with Crippen molar-refractivity contribution in [1.29, 1.82) is 0 Å². The standard InChI is InChI=1S/C23H21BrN2O3/c1-25-22(27)17-9-6-7-16(13-17)14-26-23(28)19-10-3-5-12-21(19)29-15-18-8-2-4-11-20(18)24/h2-13H,14-15H2,1H3,(H,25,27)(H,26,28). The van der Waals surface area contributed by atoms with Gasteiger partial charge in [-0.3, -0.25) is 9.59 Å². The Morgan fingerprint density at radius 1 is 0.931 bits per heavy atom. The summed E-state index contributed by atoms with van der Waals surface area (Å²) in [7, 11) is 1.59. The fourth-order valence-corrected chi connectivity index (χ4v) is 3.19. The second-order valence-corrected chi connectivity index (χ2v) is 7.19. The number of hydrogen-bond donors (Lipinski definition) is 2. The van der Waals surface area contributed by atoms with E-state index in [4.69, 9.17) is 4.74 Å². The third kappa shape index (κ3) is 5.45. The minimum Gasteiger partial charge on any atom is -0.488 e. The van der Waals surface area contributed by atoms with Crippen molar-refractivity contribution >= 4 is 27.7 Å². The Bertz CT molecular complexity index is 1020. The van der Waals surface area contributed by atoms with E-state index < -0.39 is 0 Å². The van der Waals surface area contributed by atoms with E-state index in [-0.39, 0.29) is 11.8 Å². The quantitative estimate of drug-likeness (QED) is 0.560. The Kier molecular flexibility index (Phi) is 7.03. The van der Waals surface area contributed by atoms with Crippen LogP contribution in [0.5, 0.6) is 5.75 Å². The molecule has 0 bridgehead atoms. The van der Waals surface area contributed by atoms with E-state index in [9.17, 15) is 9.59 Å². The maximum Gasteiger partial charge on any atom is 0.255 e. The summed E-state index contributed by atoms with van der Waals surface area (Å²) in [4.78, 5) is 24.5. The highest BCUT2D eigenvalue weighted by molar-refractivity contribution is 9.10. The van der Waals surface area contributed by atoms with Crippen molar-refractivity contribution in [3.05, 3.63) is 99.5 Å². The van der Waals surface area contributed by atoms with Gasteiger partial charge in [-0.15, -0.1) is 0 Å². The number of ether oxygens (including phenoxy) is 1. The van der Waals surface area contributed by atoms with Crippen molar-refractivity contribution in [2.24, 2.45) is 0 Å². The van der Waals surface area contributed by atoms with Gasteiger partial charge in [-0.2, -0.15) is 0 Å². The molecule has 0 saturated carbocycles. The molecule has 3 rings (SSSR count). The molecule has 0 spiro atoms. The van der Waals surface area contributed by atoms with Gasteiger partial charge in [-0.25, -0.2) is 0 Å². The molecule has 5 nitrogen and oxygen atoms in total. The van der Waals surface area contributed by atoms with Crippen LogP contribution >= 0.6 is 15.9 Å². The first-order chi connectivity index (χ1) is 14.1. The van der Waals surface area contributed by atoms with Gasteiger partial charge in [0.05, 0.1) is 5.56 Å². The van der Waals surface area contributed by atoms with Crippen LogP contribution in [0.4, 0.5) is 0 Å². The van der Waals surface area contributed by atoms with Crippen LogP contribution in [0.25, 0.3) is 0 Å². The van der Waals surface area contributed by atoms with Crippen molar-refractivity contribution in [3.63, 3.8) is 0 Å². The van der Waals surface area contributed by atoms with Crippen molar-refractivity contribution in [2.75, 3.05) is 7.05 Å². The summed E-state index contributed by atoms with van der Waals surface area (Å²) in [6.07, 6.45) is 0. The smallest absolute Gasteiger partial charge is 0.255 e. The molecule has 3 aromatic carbocycles. The Labute approximate surface area is 178 Å². The summed E-state index contributed by atoms with van der Waals surface area (Å²) in [5.74, 6) is 0.113. The van der Waals surface area contributed by atoms with Crippen LogP contribution in [0.2, 0.25) is 0 Å². The summed E-state index contributed by atoms with van der Waals surface area (Å²) in [5.41, 5.74) is 2.85. The number of halogens is 1. The molecule has 0 fully saturated rings. The fourth-order valence-electron chi connectivity index (χ4n) is 2.80. The number of amides is 2. The molecule has 29 heavy (non-hydrogen) atoms. The maximum absolute atomic E-state index is 12.7. The zero-order valence-corrected chi connectivity index (χ0v) is 17.5. The highest BCUT2D eigenvalue weighted by Crippen LogP contribution is 2.22. The third-order valence-corrected chi connectivity index (χ3v) is 5.12. The Balaban J connectivity index is 1.67. The highest BCUT2D eigenvalue weighted by atomic mass is 79.9. The number of para-hydroxylation sites is 1. The Hall–Kier alpha value is -3.12. The summed E-state index contributed by atoms with van der Waals surface area (Å²) in [6.45, 7) is 0.655. The van der Waals surface area contributed by atoms with E-state index in [1.165, 1.54) is 0 Å². The number of carbonyl (C=O) groups excluding carboxylic acids is 2. The van der Waals surface area contributed by atoms with Gasteiger partial charge in [0.2, 0.25) is 0 Å². The lowest BCUT2D eigenvalue weighted by molar-refractivity contribution is 0.0944. The van der Waals surface area contributed by atoms with Crippen LogP contribution in [0.3, 0.4) is 0 Å². The summed E-state index contributed by atoms with van der Waals surface area (Å²) in [5, 5.41) is 5.48. The average molecular weight is 453 g/mol. The first-order valence-electron chi connectivity index (χ1n) is 9.13. The number of nitrogens with one attached hydrogen (secondary N) is 2. The summed E-state index contributed by atoms with van der Waals surface area (Å²) in [6, 6.07) is 22.1. The molecule has 0 aromatic heterocycles. The first kappa shape index (κ1) is 20.6. The van der Waals surface area contributed by atoms with Crippen molar-refractivity contribution < 1.29 is 14.3 Å². The van der Waals surface area contributed by atoms with Gasteiger partial charge in [-0.05, 0) is 35.9 Å². The molecule has 2 amide bonds. The van der Waals surface area contributed by atoms with Crippen LogP contribution in [-0.4, -0.2) is 18.9 Å². The average Bonchev–Trinajstić information content (AvgIpc) is 2.76. The molecular formula is C23H21BrN2O3. The van der Waals surface area contributed by atoms with E-state index in [2.05, 4.69) is 26.6 Å². The van der Waals surface area contributed by atoms with E-state index >= 15 is 0 Å². The molecule has 0 heterocycles. The molecule has 0 radical (unpaired) electrons. The van der Waals surface area contributed by atoms with Gasteiger partial charge in [-0.1, -0.05) is 58.4 Å². The summed E-state index contributed by atoms with van der Waals surface area (Å²) < 4.78 is 6.85. The predicted molar refractivity (Wildman–Crippen MR) is 116 cm³/mol. The van der Waals surface area contributed by atoms with Crippen LogP contribution in [0, 0.1) is 0 Å². The Morgan fingerprint density at radius 2 is 1.69 bits per heavy atom. The lowest BCUT2D eigenvalue weighted by Crippen LogP contribution is -2.24. The normalized spacial score (nSPS) is 10.3. The van der Waals surface area contributed by atoms with Crippen LogP contribution in [-0.2, 0) is 13.2 Å². The van der Waals surface area contributed by atoms with Crippen LogP contribution in [0.1, 0.15) is 31.8 Å². The van der Waals surface area contributed by atoms with Gasteiger partial charge >= 0.3 is 0 Å². The van der Waals surface area contributed by atoms with Crippen LogP contribution in [0.15, 0.2) is 77.3 Å². The molecule has 0 atom stereocenters. The largest absolute Gasteiger partial charge is 0.488 e. The van der Waals surface area contributed by atoms with Crippen LogP contribution < -0.4 is 15.4 Å².